The van der Waals surface area contributed by atoms with Gasteiger partial charge < -0.3 is 14.4 Å². The van der Waals surface area contributed by atoms with Gasteiger partial charge in [-0.3, -0.25) is 19.5 Å². The minimum atomic E-state index is 0.273. The molecule has 2 saturated heterocycles. The number of benzene rings is 2. The first-order valence-corrected chi connectivity index (χ1v) is 12.0. The molecule has 0 radical (unpaired) electrons. The first-order chi connectivity index (χ1) is 16.1. The summed E-state index contributed by atoms with van der Waals surface area (Å²) in [4.78, 5) is 22.1. The van der Waals surface area contributed by atoms with Gasteiger partial charge in [-0.15, -0.1) is 0 Å². The van der Waals surface area contributed by atoms with E-state index in [1.807, 2.05) is 11.0 Å². The van der Waals surface area contributed by atoms with Crippen molar-refractivity contribution < 1.29 is 14.3 Å². The van der Waals surface area contributed by atoms with Gasteiger partial charge in [-0.25, -0.2) is 0 Å². The fraction of sp³-hybridized carbons (Fsp3) is 0.500. The highest BCUT2D eigenvalue weighted by molar-refractivity contribution is 5.78. The van der Waals surface area contributed by atoms with Gasteiger partial charge in [-0.1, -0.05) is 35.9 Å². The Balaban J connectivity index is 1.03. The fourth-order valence-corrected chi connectivity index (χ4v) is 4.92. The largest absolute Gasteiger partial charge is 0.454 e. The summed E-state index contributed by atoms with van der Waals surface area (Å²) >= 11 is 0. The molecule has 0 unspecified atom stereocenters. The van der Waals surface area contributed by atoms with E-state index in [9.17, 15) is 4.79 Å². The Bertz CT molecular complexity index is 966. The Morgan fingerprint density at radius 3 is 2.12 bits per heavy atom. The summed E-state index contributed by atoms with van der Waals surface area (Å²) < 4.78 is 10.9. The van der Waals surface area contributed by atoms with Gasteiger partial charge in [0.25, 0.3) is 0 Å². The Morgan fingerprint density at radius 2 is 1.39 bits per heavy atom. The van der Waals surface area contributed by atoms with Crippen LogP contribution in [0.5, 0.6) is 11.5 Å². The SMILES string of the molecule is Cc1cccc(CN2CCN(C(=O)CN3CCN(Cc4ccc5c(c4)OCO5)CC3)CC2)c1. The van der Waals surface area contributed by atoms with E-state index in [2.05, 4.69) is 58.0 Å². The minimum Gasteiger partial charge on any atom is -0.454 e. The predicted molar refractivity (Wildman–Crippen MR) is 127 cm³/mol. The lowest BCUT2D eigenvalue weighted by Gasteiger charge is -2.38. The summed E-state index contributed by atoms with van der Waals surface area (Å²) in [6.45, 7) is 12.2. The quantitative estimate of drug-likeness (QED) is 0.673. The number of fused-ring (bicyclic) bond motifs is 1. The lowest BCUT2D eigenvalue weighted by atomic mass is 10.1. The van der Waals surface area contributed by atoms with Crippen LogP contribution >= 0.6 is 0 Å². The van der Waals surface area contributed by atoms with Crippen LogP contribution in [0.15, 0.2) is 42.5 Å². The van der Waals surface area contributed by atoms with Gasteiger partial charge in [0.1, 0.15) is 0 Å². The molecule has 176 valence electrons. The molecule has 3 aliphatic rings. The lowest BCUT2D eigenvalue weighted by molar-refractivity contribution is -0.134. The van der Waals surface area contributed by atoms with E-state index in [1.165, 1.54) is 16.7 Å². The first-order valence-electron chi connectivity index (χ1n) is 12.0. The molecule has 2 aromatic carbocycles. The summed E-state index contributed by atoms with van der Waals surface area (Å²) in [5, 5.41) is 0. The molecular weight excluding hydrogens is 416 g/mol. The molecule has 3 heterocycles. The molecule has 0 spiro atoms. The molecule has 2 aromatic rings. The third-order valence-corrected chi connectivity index (χ3v) is 6.88. The molecule has 0 saturated carbocycles. The Morgan fingerprint density at radius 1 is 0.758 bits per heavy atom. The summed E-state index contributed by atoms with van der Waals surface area (Å²) in [7, 11) is 0. The van der Waals surface area contributed by atoms with Gasteiger partial charge in [-0.2, -0.15) is 0 Å². The second-order valence-corrected chi connectivity index (χ2v) is 9.39. The number of ether oxygens (including phenoxy) is 2. The average Bonchev–Trinajstić information content (AvgIpc) is 3.29. The number of nitrogens with zero attached hydrogens (tertiary/aromatic N) is 4. The molecule has 0 bridgehead atoms. The van der Waals surface area contributed by atoms with Gasteiger partial charge in [0, 0.05) is 65.4 Å². The van der Waals surface area contributed by atoms with Crippen LogP contribution in [0.25, 0.3) is 0 Å². The minimum absolute atomic E-state index is 0.273. The molecule has 3 aliphatic heterocycles. The highest BCUT2D eigenvalue weighted by atomic mass is 16.7. The molecule has 0 aromatic heterocycles. The maximum absolute atomic E-state index is 12.9. The van der Waals surface area contributed by atoms with Crippen molar-refractivity contribution >= 4 is 5.91 Å². The van der Waals surface area contributed by atoms with Crippen molar-refractivity contribution in [3.05, 3.63) is 59.2 Å². The van der Waals surface area contributed by atoms with E-state index in [4.69, 9.17) is 9.47 Å². The van der Waals surface area contributed by atoms with Crippen molar-refractivity contribution in [2.24, 2.45) is 0 Å². The number of amides is 1. The molecule has 0 N–H and O–H groups in total. The maximum atomic E-state index is 12.9. The van der Waals surface area contributed by atoms with Crippen LogP contribution in [-0.2, 0) is 17.9 Å². The first kappa shape index (κ1) is 22.2. The number of piperazine rings is 2. The molecule has 1 amide bonds. The molecule has 0 aliphatic carbocycles. The van der Waals surface area contributed by atoms with Crippen molar-refractivity contribution in [3.63, 3.8) is 0 Å². The number of carbonyl (C=O) groups is 1. The highest BCUT2D eigenvalue weighted by Crippen LogP contribution is 2.32. The predicted octanol–water partition coefficient (Wildman–Crippen LogP) is 2.19. The van der Waals surface area contributed by atoms with E-state index >= 15 is 0 Å². The van der Waals surface area contributed by atoms with Crippen molar-refractivity contribution in [1.29, 1.82) is 0 Å². The van der Waals surface area contributed by atoms with Crippen LogP contribution in [0.2, 0.25) is 0 Å². The molecular formula is C26H34N4O3. The second kappa shape index (κ2) is 10.1. The third-order valence-electron chi connectivity index (χ3n) is 6.88. The zero-order chi connectivity index (χ0) is 22.6. The maximum Gasteiger partial charge on any atom is 0.236 e. The molecule has 2 fully saturated rings. The van der Waals surface area contributed by atoms with E-state index in [-0.39, 0.29) is 5.91 Å². The topological polar surface area (TPSA) is 48.5 Å². The zero-order valence-corrected chi connectivity index (χ0v) is 19.5. The zero-order valence-electron chi connectivity index (χ0n) is 19.5. The van der Waals surface area contributed by atoms with Crippen LogP contribution in [0.4, 0.5) is 0 Å². The standard InChI is InChI=1S/C26H34N4O3/c1-21-3-2-4-22(15-21)17-28-11-13-30(14-12-28)26(31)19-29-9-7-27(8-10-29)18-23-5-6-24-25(16-23)33-20-32-24/h2-6,15-16H,7-14,17-20H2,1H3. The average molecular weight is 451 g/mol. The fourth-order valence-electron chi connectivity index (χ4n) is 4.92. The summed E-state index contributed by atoms with van der Waals surface area (Å²) in [5.74, 6) is 1.95. The van der Waals surface area contributed by atoms with E-state index in [1.54, 1.807) is 0 Å². The van der Waals surface area contributed by atoms with Crippen LogP contribution in [-0.4, -0.2) is 91.2 Å². The van der Waals surface area contributed by atoms with Crippen molar-refractivity contribution in [2.75, 3.05) is 65.7 Å². The molecule has 7 heteroatoms. The molecule has 7 nitrogen and oxygen atoms in total. The van der Waals surface area contributed by atoms with Gasteiger partial charge in [0.05, 0.1) is 6.54 Å². The molecule has 0 atom stereocenters. The number of rotatable bonds is 6. The van der Waals surface area contributed by atoms with Crippen LogP contribution in [0.3, 0.4) is 0 Å². The van der Waals surface area contributed by atoms with Gasteiger partial charge in [0.2, 0.25) is 12.7 Å². The summed E-state index contributed by atoms with van der Waals surface area (Å²) in [6, 6.07) is 14.9. The van der Waals surface area contributed by atoms with Gasteiger partial charge >= 0.3 is 0 Å². The summed E-state index contributed by atoms with van der Waals surface area (Å²) in [6.07, 6.45) is 0. The lowest BCUT2D eigenvalue weighted by Crippen LogP contribution is -2.53. The Kier molecular flexibility index (Phi) is 6.80. The van der Waals surface area contributed by atoms with Gasteiger partial charge in [0.15, 0.2) is 11.5 Å². The van der Waals surface area contributed by atoms with Crippen molar-refractivity contribution in [3.8, 4) is 11.5 Å². The summed E-state index contributed by atoms with van der Waals surface area (Å²) in [5.41, 5.74) is 3.90. The monoisotopic (exact) mass is 450 g/mol. The van der Waals surface area contributed by atoms with Gasteiger partial charge in [-0.05, 0) is 30.2 Å². The van der Waals surface area contributed by atoms with Crippen LogP contribution in [0, 0.1) is 6.92 Å². The van der Waals surface area contributed by atoms with Crippen molar-refractivity contribution in [2.45, 2.75) is 20.0 Å². The number of carbonyl (C=O) groups excluding carboxylic acids is 1. The third kappa shape index (κ3) is 5.66. The van der Waals surface area contributed by atoms with Crippen LogP contribution < -0.4 is 9.47 Å². The normalized spacial score (nSPS) is 19.7. The number of hydrogen-bond donors (Lipinski definition) is 0. The van der Waals surface area contributed by atoms with E-state index < -0.39 is 0 Å². The number of aryl methyl sites for hydroxylation is 1. The van der Waals surface area contributed by atoms with Crippen molar-refractivity contribution in [1.82, 2.24) is 19.6 Å². The Labute approximate surface area is 196 Å². The van der Waals surface area contributed by atoms with E-state index in [0.29, 0.717) is 13.3 Å². The smallest absolute Gasteiger partial charge is 0.236 e. The molecule has 33 heavy (non-hydrogen) atoms. The Hall–Kier alpha value is -2.61. The molecule has 5 rings (SSSR count). The number of hydrogen-bond acceptors (Lipinski definition) is 6. The second-order valence-electron chi connectivity index (χ2n) is 9.39. The highest BCUT2D eigenvalue weighted by Gasteiger charge is 2.25. The van der Waals surface area contributed by atoms with E-state index in [0.717, 1.165) is 76.9 Å². The van der Waals surface area contributed by atoms with Crippen LogP contribution in [0.1, 0.15) is 16.7 Å².